The average molecular weight is 485 g/mol. The van der Waals surface area contributed by atoms with Gasteiger partial charge >= 0.3 is 0 Å². The molecule has 1 N–H and O–H groups in total. The van der Waals surface area contributed by atoms with Crippen molar-refractivity contribution < 1.29 is 19.1 Å². The SMILES string of the molecule is COc1ccc(OC)c(NC(=O)c2sc3ncn(CC(=O)N4CCCC[C@@H]4C)c(=O)c3c2C)c1. The van der Waals surface area contributed by atoms with Crippen molar-refractivity contribution in [2.45, 2.75) is 45.7 Å². The number of nitrogens with one attached hydrogen (secondary N) is 1. The van der Waals surface area contributed by atoms with Crippen molar-refractivity contribution in [3.63, 3.8) is 0 Å². The molecular formula is C24H28N4O5S. The summed E-state index contributed by atoms with van der Waals surface area (Å²) in [6.45, 7) is 4.40. The number of carbonyl (C=O) groups is 2. The number of hydrogen-bond acceptors (Lipinski definition) is 7. The van der Waals surface area contributed by atoms with Gasteiger partial charge in [0.05, 0.1) is 36.5 Å². The molecule has 0 radical (unpaired) electrons. The summed E-state index contributed by atoms with van der Waals surface area (Å²) >= 11 is 1.14. The second kappa shape index (κ2) is 9.84. The first-order valence-electron chi connectivity index (χ1n) is 11.2. The molecule has 180 valence electrons. The number of nitrogens with zero attached hydrogens (tertiary/aromatic N) is 3. The molecule has 1 aliphatic rings. The van der Waals surface area contributed by atoms with Gasteiger partial charge in [0, 0.05) is 18.7 Å². The van der Waals surface area contributed by atoms with Crippen LogP contribution in [0.2, 0.25) is 0 Å². The number of anilines is 1. The molecule has 9 nitrogen and oxygen atoms in total. The second-order valence-electron chi connectivity index (χ2n) is 8.37. The summed E-state index contributed by atoms with van der Waals surface area (Å²) in [4.78, 5) is 46.2. The highest BCUT2D eigenvalue weighted by molar-refractivity contribution is 7.20. The molecule has 0 saturated carbocycles. The molecule has 34 heavy (non-hydrogen) atoms. The normalized spacial score (nSPS) is 15.9. The number of ether oxygens (including phenoxy) is 2. The van der Waals surface area contributed by atoms with Crippen LogP contribution in [-0.4, -0.2) is 53.1 Å². The zero-order valence-electron chi connectivity index (χ0n) is 19.7. The lowest BCUT2D eigenvalue weighted by Gasteiger charge is -2.33. The molecule has 4 rings (SSSR count). The van der Waals surface area contributed by atoms with E-state index in [0.717, 1.165) is 30.6 Å². The Bertz CT molecular complexity index is 1300. The Labute approximate surface area is 201 Å². The maximum absolute atomic E-state index is 13.2. The third-order valence-electron chi connectivity index (χ3n) is 6.21. The number of amides is 2. The zero-order valence-corrected chi connectivity index (χ0v) is 20.5. The quantitative estimate of drug-likeness (QED) is 0.575. The van der Waals surface area contributed by atoms with Crippen LogP contribution < -0.4 is 20.3 Å². The number of carbonyl (C=O) groups excluding carboxylic acids is 2. The van der Waals surface area contributed by atoms with Gasteiger partial charge in [0.2, 0.25) is 5.91 Å². The van der Waals surface area contributed by atoms with E-state index < -0.39 is 0 Å². The number of methoxy groups -OCH3 is 2. The fourth-order valence-corrected chi connectivity index (χ4v) is 5.32. The van der Waals surface area contributed by atoms with E-state index in [1.54, 1.807) is 25.1 Å². The van der Waals surface area contributed by atoms with Gasteiger partial charge in [-0.2, -0.15) is 0 Å². The predicted octanol–water partition coefficient (Wildman–Crippen LogP) is 3.44. The molecule has 10 heteroatoms. The Morgan fingerprint density at radius 1 is 1.24 bits per heavy atom. The average Bonchev–Trinajstić information content (AvgIpc) is 3.18. The number of rotatable bonds is 6. The second-order valence-corrected chi connectivity index (χ2v) is 9.37. The van der Waals surface area contributed by atoms with E-state index in [2.05, 4.69) is 10.3 Å². The lowest BCUT2D eigenvalue weighted by molar-refractivity contribution is -0.135. The summed E-state index contributed by atoms with van der Waals surface area (Å²) < 4.78 is 11.9. The minimum atomic E-state index is -0.378. The highest BCUT2D eigenvalue weighted by Crippen LogP contribution is 2.32. The number of aryl methyl sites for hydroxylation is 1. The van der Waals surface area contributed by atoms with Crippen LogP contribution in [0.15, 0.2) is 29.3 Å². The number of piperidine rings is 1. The predicted molar refractivity (Wildman–Crippen MR) is 131 cm³/mol. The highest BCUT2D eigenvalue weighted by Gasteiger charge is 2.25. The fraction of sp³-hybridized carbons (Fsp3) is 0.417. The van der Waals surface area contributed by atoms with Crippen LogP contribution >= 0.6 is 11.3 Å². The van der Waals surface area contributed by atoms with Crippen LogP contribution in [0.3, 0.4) is 0 Å². The molecule has 0 unspecified atom stereocenters. The summed E-state index contributed by atoms with van der Waals surface area (Å²) in [7, 11) is 3.05. The zero-order chi connectivity index (χ0) is 24.4. The van der Waals surface area contributed by atoms with E-state index in [1.165, 1.54) is 25.1 Å². The molecule has 0 bridgehead atoms. The van der Waals surface area contributed by atoms with E-state index >= 15 is 0 Å². The fourth-order valence-electron chi connectivity index (χ4n) is 4.28. The summed E-state index contributed by atoms with van der Waals surface area (Å²) in [5.74, 6) is 0.586. The molecular weight excluding hydrogens is 456 g/mol. The summed E-state index contributed by atoms with van der Waals surface area (Å²) in [5, 5.41) is 3.19. The smallest absolute Gasteiger partial charge is 0.266 e. The van der Waals surface area contributed by atoms with E-state index in [0.29, 0.717) is 44.4 Å². The van der Waals surface area contributed by atoms with Crippen LogP contribution in [0, 0.1) is 6.92 Å². The van der Waals surface area contributed by atoms with Crippen molar-refractivity contribution in [2.75, 3.05) is 26.1 Å². The lowest BCUT2D eigenvalue weighted by Crippen LogP contribution is -2.44. The monoisotopic (exact) mass is 484 g/mol. The molecule has 1 aromatic carbocycles. The maximum Gasteiger partial charge on any atom is 0.266 e. The van der Waals surface area contributed by atoms with E-state index in [9.17, 15) is 14.4 Å². The third-order valence-corrected chi connectivity index (χ3v) is 7.41. The molecule has 2 aromatic heterocycles. The van der Waals surface area contributed by atoms with E-state index in [4.69, 9.17) is 9.47 Å². The molecule has 3 heterocycles. The van der Waals surface area contributed by atoms with Crippen molar-refractivity contribution in [3.8, 4) is 11.5 Å². The maximum atomic E-state index is 13.2. The van der Waals surface area contributed by atoms with Gasteiger partial charge in [-0.1, -0.05) is 0 Å². The molecule has 1 atom stereocenters. The van der Waals surface area contributed by atoms with Crippen molar-refractivity contribution in [3.05, 3.63) is 45.3 Å². The van der Waals surface area contributed by atoms with Crippen molar-refractivity contribution >= 4 is 39.1 Å². The number of hydrogen-bond donors (Lipinski definition) is 1. The Balaban J connectivity index is 1.62. The minimum absolute atomic E-state index is 0.0655. The Morgan fingerprint density at radius 3 is 2.74 bits per heavy atom. The van der Waals surface area contributed by atoms with Crippen molar-refractivity contribution in [1.82, 2.24) is 14.5 Å². The molecule has 0 spiro atoms. The van der Waals surface area contributed by atoms with Crippen LogP contribution in [-0.2, 0) is 11.3 Å². The van der Waals surface area contributed by atoms with Gasteiger partial charge in [0.15, 0.2) is 0 Å². The van der Waals surface area contributed by atoms with Crippen molar-refractivity contribution in [1.29, 1.82) is 0 Å². The van der Waals surface area contributed by atoms with Crippen LogP contribution in [0.4, 0.5) is 5.69 Å². The van der Waals surface area contributed by atoms with Gasteiger partial charge in [0.1, 0.15) is 22.9 Å². The number of fused-ring (bicyclic) bond motifs is 1. The minimum Gasteiger partial charge on any atom is -0.497 e. The lowest BCUT2D eigenvalue weighted by atomic mass is 10.0. The standard InChI is InChI=1S/C24H28N4O5S/c1-14-7-5-6-10-28(14)19(29)12-27-13-25-23-20(24(27)31)15(2)21(34-23)22(30)26-17-11-16(32-3)8-9-18(17)33-4/h8-9,11,13-14H,5-7,10,12H2,1-4H3,(H,26,30)/t14-/m0/s1. The molecule has 3 aromatic rings. The highest BCUT2D eigenvalue weighted by atomic mass is 32.1. The van der Waals surface area contributed by atoms with Crippen LogP contribution in [0.5, 0.6) is 11.5 Å². The number of aromatic nitrogens is 2. The molecule has 1 aliphatic heterocycles. The molecule has 2 amide bonds. The van der Waals surface area contributed by atoms with Gasteiger partial charge in [0.25, 0.3) is 11.5 Å². The molecule has 0 aliphatic carbocycles. The van der Waals surface area contributed by atoms with Gasteiger partial charge in [-0.05, 0) is 50.8 Å². The first-order valence-corrected chi connectivity index (χ1v) is 12.0. The molecule has 1 saturated heterocycles. The van der Waals surface area contributed by atoms with Crippen molar-refractivity contribution in [2.24, 2.45) is 0 Å². The Morgan fingerprint density at radius 2 is 2.03 bits per heavy atom. The first-order chi connectivity index (χ1) is 16.3. The summed E-state index contributed by atoms with van der Waals surface area (Å²) in [6.07, 6.45) is 4.44. The van der Waals surface area contributed by atoms with Crippen LogP contribution in [0.1, 0.15) is 41.4 Å². The third kappa shape index (κ3) is 4.50. The Hall–Kier alpha value is -3.40. The van der Waals surface area contributed by atoms with Gasteiger partial charge in [-0.3, -0.25) is 19.0 Å². The van der Waals surface area contributed by atoms with Crippen LogP contribution in [0.25, 0.3) is 10.2 Å². The topological polar surface area (TPSA) is 103 Å². The first kappa shape index (κ1) is 23.7. The number of thiophene rings is 1. The number of likely N-dealkylation sites (tertiary alicyclic amines) is 1. The van der Waals surface area contributed by atoms with Gasteiger partial charge in [-0.15, -0.1) is 11.3 Å². The molecule has 1 fully saturated rings. The Kier molecular flexibility index (Phi) is 6.87. The summed E-state index contributed by atoms with van der Waals surface area (Å²) in [6, 6.07) is 5.27. The summed E-state index contributed by atoms with van der Waals surface area (Å²) in [5.41, 5.74) is 0.662. The van der Waals surface area contributed by atoms with E-state index in [1.807, 2.05) is 11.8 Å². The van der Waals surface area contributed by atoms with E-state index in [-0.39, 0.29) is 30.0 Å². The largest absolute Gasteiger partial charge is 0.497 e. The number of benzene rings is 1. The van der Waals surface area contributed by atoms with Gasteiger partial charge < -0.3 is 19.7 Å². The van der Waals surface area contributed by atoms with Gasteiger partial charge in [-0.25, -0.2) is 4.98 Å².